The summed E-state index contributed by atoms with van der Waals surface area (Å²) >= 11 is 0. The fourth-order valence-electron chi connectivity index (χ4n) is 4.78. The first kappa shape index (κ1) is 22.7. The van der Waals surface area contributed by atoms with E-state index in [1.54, 1.807) is 12.1 Å². The predicted octanol–water partition coefficient (Wildman–Crippen LogP) is 1.07. The molecule has 2 fully saturated rings. The lowest BCUT2D eigenvalue weighted by Gasteiger charge is -2.36. The second kappa shape index (κ2) is 8.61. The van der Waals surface area contributed by atoms with Gasteiger partial charge in [-0.3, -0.25) is 5.01 Å². The van der Waals surface area contributed by atoms with Crippen LogP contribution in [0.4, 0.5) is 11.4 Å². The highest BCUT2D eigenvalue weighted by Crippen LogP contribution is 2.40. The van der Waals surface area contributed by atoms with Crippen LogP contribution in [0.5, 0.6) is 0 Å². The van der Waals surface area contributed by atoms with Crippen LogP contribution in [0, 0.1) is 0 Å². The molecule has 3 aliphatic heterocycles. The summed E-state index contributed by atoms with van der Waals surface area (Å²) in [6.45, 7) is 6.90. The number of hydrogen-bond donors (Lipinski definition) is 4. The second-order valence-corrected chi connectivity index (χ2v) is 9.81. The summed E-state index contributed by atoms with van der Waals surface area (Å²) in [4.78, 5) is 0. The summed E-state index contributed by atoms with van der Waals surface area (Å²) in [7, 11) is -2.01. The van der Waals surface area contributed by atoms with Crippen LogP contribution in [-0.2, 0) is 20.5 Å². The lowest BCUT2D eigenvalue weighted by Crippen LogP contribution is -2.47. The van der Waals surface area contributed by atoms with E-state index >= 15 is 0 Å². The first-order valence-corrected chi connectivity index (χ1v) is 11.6. The van der Waals surface area contributed by atoms with E-state index in [2.05, 4.69) is 23.1 Å². The Balaban J connectivity index is 1.34. The molecule has 0 bridgehead atoms. The van der Waals surface area contributed by atoms with Gasteiger partial charge < -0.3 is 29.5 Å². The fraction of sp³-hybridized carbons (Fsp3) is 0.478. The number of nitrogens with one attached hydrogen (secondary N) is 2. The van der Waals surface area contributed by atoms with Gasteiger partial charge in [-0.2, -0.15) is 0 Å². The number of ether oxygens (including phenoxy) is 1. The molecule has 0 aromatic heterocycles. The summed E-state index contributed by atoms with van der Waals surface area (Å²) in [5.74, 6) is 0. The Kier molecular flexibility index (Phi) is 5.93. The Labute approximate surface area is 195 Å². The first-order valence-electron chi connectivity index (χ1n) is 11.6. The molecule has 5 rings (SSSR count). The summed E-state index contributed by atoms with van der Waals surface area (Å²) in [6.07, 6.45) is 3.86. The Morgan fingerprint density at radius 2 is 1.97 bits per heavy atom. The van der Waals surface area contributed by atoms with Gasteiger partial charge in [0.05, 0.1) is 22.6 Å². The zero-order valence-electron chi connectivity index (χ0n) is 19.4. The number of rotatable bonds is 5. The van der Waals surface area contributed by atoms with Crippen LogP contribution in [0.2, 0.25) is 0 Å². The quantitative estimate of drug-likeness (QED) is 0.502. The summed E-state index contributed by atoms with van der Waals surface area (Å²) in [6, 6.07) is 13.5. The molecular weight excluding hydrogens is 420 g/mol. The molecule has 10 heteroatoms. The smallest absolute Gasteiger partial charge is 0.423 e. The zero-order chi connectivity index (χ0) is 23.2. The SMILES string of the molecule is CC1(C)OB(c2ccc3c(c2)NNN3C2CCCCO2)OC1(C)Cc1cccc(B(O)O)c1. The standard InChI is InChI=1S/C23H31B2N3O5/c1-22(2)23(3,15-16-7-6-8-17(13-16)24(29)30)33-25(32-22)18-10-11-20-19(14-18)26-27-28(20)21-9-4-5-12-31-21/h6-8,10-11,13-14,21,26-27,29-30H,4-5,9,12,15H2,1-3H3. The van der Waals surface area contributed by atoms with E-state index in [4.69, 9.17) is 14.0 Å². The largest absolute Gasteiger partial charge is 0.494 e. The lowest BCUT2D eigenvalue weighted by atomic mass is 9.77. The van der Waals surface area contributed by atoms with E-state index in [9.17, 15) is 10.0 Å². The molecule has 0 spiro atoms. The highest BCUT2D eigenvalue weighted by molar-refractivity contribution is 6.62. The van der Waals surface area contributed by atoms with Crippen molar-refractivity contribution in [2.75, 3.05) is 17.0 Å². The number of hydrogen-bond acceptors (Lipinski definition) is 8. The van der Waals surface area contributed by atoms with E-state index in [0.717, 1.165) is 48.3 Å². The van der Waals surface area contributed by atoms with Gasteiger partial charge in [0.15, 0.2) is 0 Å². The molecule has 2 saturated heterocycles. The fourth-order valence-corrected chi connectivity index (χ4v) is 4.78. The Hall–Kier alpha value is -2.07. The second-order valence-electron chi connectivity index (χ2n) is 9.81. The van der Waals surface area contributed by atoms with Crippen LogP contribution in [0.25, 0.3) is 0 Å². The molecule has 0 amide bonds. The van der Waals surface area contributed by atoms with E-state index in [-0.39, 0.29) is 6.23 Å². The van der Waals surface area contributed by atoms with Crippen molar-refractivity contribution in [1.29, 1.82) is 0 Å². The van der Waals surface area contributed by atoms with Crippen molar-refractivity contribution in [3.05, 3.63) is 48.0 Å². The number of hydrazine groups is 2. The Morgan fingerprint density at radius 1 is 1.12 bits per heavy atom. The molecule has 3 aliphatic rings. The van der Waals surface area contributed by atoms with Gasteiger partial charge in [0.1, 0.15) is 6.23 Å². The van der Waals surface area contributed by atoms with Gasteiger partial charge in [0.25, 0.3) is 0 Å². The molecule has 2 aromatic carbocycles. The van der Waals surface area contributed by atoms with E-state index in [1.807, 2.05) is 44.0 Å². The zero-order valence-corrected chi connectivity index (χ0v) is 19.4. The topological polar surface area (TPSA) is 95.5 Å². The van der Waals surface area contributed by atoms with Crippen molar-refractivity contribution in [3.63, 3.8) is 0 Å². The lowest BCUT2D eigenvalue weighted by molar-refractivity contribution is -0.00876. The van der Waals surface area contributed by atoms with Crippen molar-refractivity contribution >= 4 is 36.5 Å². The van der Waals surface area contributed by atoms with Crippen molar-refractivity contribution < 1.29 is 24.1 Å². The molecule has 2 atom stereocenters. The number of fused-ring (bicyclic) bond motifs is 1. The van der Waals surface area contributed by atoms with Gasteiger partial charge in [0.2, 0.25) is 0 Å². The third-order valence-electron chi connectivity index (χ3n) is 7.14. The third kappa shape index (κ3) is 4.27. The van der Waals surface area contributed by atoms with Crippen molar-refractivity contribution in [2.24, 2.45) is 0 Å². The monoisotopic (exact) mass is 451 g/mol. The summed E-state index contributed by atoms with van der Waals surface area (Å²) in [5.41, 5.74) is 9.68. The average molecular weight is 451 g/mol. The average Bonchev–Trinajstić information content (AvgIpc) is 3.32. The van der Waals surface area contributed by atoms with Crippen LogP contribution < -0.4 is 26.9 Å². The normalized spacial score (nSPS) is 26.3. The molecule has 0 aliphatic carbocycles. The summed E-state index contributed by atoms with van der Waals surface area (Å²) < 4.78 is 18.8. The Morgan fingerprint density at radius 3 is 2.73 bits per heavy atom. The van der Waals surface area contributed by atoms with Crippen molar-refractivity contribution in [2.45, 2.75) is 63.9 Å². The maximum Gasteiger partial charge on any atom is 0.494 e. The van der Waals surface area contributed by atoms with E-state index < -0.39 is 25.4 Å². The molecule has 0 radical (unpaired) electrons. The maximum absolute atomic E-state index is 9.52. The minimum atomic E-state index is -1.50. The van der Waals surface area contributed by atoms with E-state index in [1.165, 1.54) is 0 Å². The molecule has 3 heterocycles. The minimum absolute atomic E-state index is 0.0211. The molecular formula is C23H31B2N3O5. The number of nitrogens with zero attached hydrogens (tertiary/aromatic N) is 1. The van der Waals surface area contributed by atoms with Gasteiger partial charge in [-0.05, 0) is 68.7 Å². The molecule has 2 aromatic rings. The number of benzene rings is 2. The van der Waals surface area contributed by atoms with Crippen molar-refractivity contribution in [1.82, 2.24) is 5.53 Å². The third-order valence-corrected chi connectivity index (χ3v) is 7.14. The van der Waals surface area contributed by atoms with Crippen LogP contribution >= 0.6 is 0 Å². The molecule has 33 heavy (non-hydrogen) atoms. The molecule has 174 valence electrons. The Bertz CT molecular complexity index is 1020. The summed E-state index contributed by atoms with van der Waals surface area (Å²) in [5, 5.41) is 21.1. The highest BCUT2D eigenvalue weighted by atomic mass is 16.7. The van der Waals surface area contributed by atoms with Crippen molar-refractivity contribution in [3.8, 4) is 0 Å². The van der Waals surface area contributed by atoms with Gasteiger partial charge in [0, 0.05) is 13.0 Å². The number of anilines is 2. The highest BCUT2D eigenvalue weighted by Gasteiger charge is 2.54. The maximum atomic E-state index is 9.52. The van der Waals surface area contributed by atoms with Gasteiger partial charge >= 0.3 is 14.2 Å². The van der Waals surface area contributed by atoms with Gasteiger partial charge in [-0.25, -0.2) is 0 Å². The van der Waals surface area contributed by atoms with Gasteiger partial charge in [-0.15, -0.1) is 5.53 Å². The van der Waals surface area contributed by atoms with Gasteiger partial charge in [-0.1, -0.05) is 30.3 Å². The van der Waals surface area contributed by atoms with Crippen LogP contribution in [0.3, 0.4) is 0 Å². The molecule has 8 nitrogen and oxygen atoms in total. The minimum Gasteiger partial charge on any atom is -0.423 e. The van der Waals surface area contributed by atoms with Crippen LogP contribution in [0.1, 0.15) is 45.6 Å². The van der Waals surface area contributed by atoms with E-state index in [0.29, 0.717) is 11.9 Å². The molecule has 4 N–H and O–H groups in total. The first-order chi connectivity index (χ1) is 15.8. The van der Waals surface area contributed by atoms with Crippen LogP contribution in [-0.4, -0.2) is 48.3 Å². The molecule has 0 saturated carbocycles. The molecule has 2 unspecified atom stereocenters. The predicted molar refractivity (Wildman–Crippen MR) is 129 cm³/mol. The van der Waals surface area contributed by atoms with Crippen LogP contribution in [0.15, 0.2) is 42.5 Å².